The van der Waals surface area contributed by atoms with Gasteiger partial charge < -0.3 is 9.80 Å². The van der Waals surface area contributed by atoms with Gasteiger partial charge in [0.15, 0.2) is 0 Å². The van der Waals surface area contributed by atoms with E-state index in [1.807, 2.05) is 28.2 Å². The van der Waals surface area contributed by atoms with E-state index in [2.05, 4.69) is 34.1 Å². The van der Waals surface area contributed by atoms with Crippen molar-refractivity contribution in [1.82, 2.24) is 0 Å². The second-order valence-corrected chi connectivity index (χ2v) is 6.93. The summed E-state index contributed by atoms with van der Waals surface area (Å²) in [5, 5.41) is 2.47. The number of thiocarbonyl (C=S) groups is 1. The molecule has 0 amide bonds. The number of rotatable bonds is 4. The quantitative estimate of drug-likeness (QED) is 0.627. The monoisotopic (exact) mass is 296 g/mol. The summed E-state index contributed by atoms with van der Waals surface area (Å²) >= 11 is 9.05. The zero-order chi connectivity index (χ0) is 13.3. The Morgan fingerprint density at radius 3 is 1.50 bits per heavy atom. The molecule has 0 N–H and O–H groups in total. The van der Waals surface area contributed by atoms with Crippen LogP contribution in [-0.4, -0.2) is 33.1 Å². The highest BCUT2D eigenvalue weighted by Crippen LogP contribution is 2.31. The van der Waals surface area contributed by atoms with Gasteiger partial charge >= 0.3 is 0 Å². The summed E-state index contributed by atoms with van der Waals surface area (Å²) in [5.74, 6) is 0. The molecule has 0 bridgehead atoms. The molecule has 5 heteroatoms. The lowest BCUT2D eigenvalue weighted by atomic mass is 10.3. The Balaban J connectivity index is 2.24. The smallest absolute Gasteiger partial charge is 0.0910 e. The highest BCUT2D eigenvalue weighted by atomic mass is 32.1. The summed E-state index contributed by atoms with van der Waals surface area (Å²) in [5.41, 5.74) is 0. The van der Waals surface area contributed by atoms with Crippen molar-refractivity contribution in [2.45, 2.75) is 0 Å². The molecule has 0 aliphatic rings. The molecule has 2 aromatic rings. The molecule has 0 fully saturated rings. The molecule has 2 nitrogen and oxygen atoms in total. The van der Waals surface area contributed by atoms with Gasteiger partial charge in [0.05, 0.1) is 14.9 Å². The first kappa shape index (κ1) is 13.5. The van der Waals surface area contributed by atoms with Crippen molar-refractivity contribution < 1.29 is 0 Å². The van der Waals surface area contributed by atoms with Crippen LogP contribution in [0.4, 0.5) is 10.0 Å². The Labute approximate surface area is 121 Å². The zero-order valence-corrected chi connectivity index (χ0v) is 13.4. The van der Waals surface area contributed by atoms with Crippen LogP contribution in [0.15, 0.2) is 24.3 Å². The van der Waals surface area contributed by atoms with E-state index in [4.69, 9.17) is 12.2 Å². The maximum Gasteiger partial charge on any atom is 0.0910 e. The van der Waals surface area contributed by atoms with Crippen LogP contribution in [0.1, 0.15) is 9.75 Å². The van der Waals surface area contributed by atoms with Crippen LogP contribution in [0.3, 0.4) is 0 Å². The van der Waals surface area contributed by atoms with E-state index in [1.54, 1.807) is 22.7 Å². The summed E-state index contributed by atoms with van der Waals surface area (Å²) in [6.45, 7) is 0. The van der Waals surface area contributed by atoms with Crippen molar-refractivity contribution in [3.8, 4) is 0 Å². The fourth-order valence-corrected chi connectivity index (χ4v) is 3.72. The first-order chi connectivity index (χ1) is 8.49. The van der Waals surface area contributed by atoms with Crippen molar-refractivity contribution in [3.63, 3.8) is 0 Å². The number of hydrogen-bond acceptors (Lipinski definition) is 5. The third kappa shape index (κ3) is 2.74. The standard InChI is InChI=1S/C13H16N2S3/c1-14(2)11-7-5-9(17-11)13(16)10-6-8-12(18-10)15(3)4/h5-8H,1-4H3. The molecule has 96 valence electrons. The Bertz CT molecular complexity index is 504. The van der Waals surface area contributed by atoms with Gasteiger partial charge in [0.2, 0.25) is 0 Å². The topological polar surface area (TPSA) is 6.48 Å². The summed E-state index contributed by atoms with van der Waals surface area (Å²) < 4.78 is 0. The fraction of sp³-hybridized carbons (Fsp3) is 0.308. The molecule has 0 aromatic carbocycles. The minimum atomic E-state index is 0.950. The number of hydrogen-bond donors (Lipinski definition) is 0. The summed E-state index contributed by atoms with van der Waals surface area (Å²) in [4.78, 5) is 7.50. The Kier molecular flexibility index (Phi) is 4.04. The van der Waals surface area contributed by atoms with Crippen molar-refractivity contribution in [1.29, 1.82) is 0 Å². The molecule has 2 heterocycles. The average molecular weight is 296 g/mol. The Morgan fingerprint density at radius 2 is 1.22 bits per heavy atom. The molecule has 18 heavy (non-hydrogen) atoms. The van der Waals surface area contributed by atoms with Crippen molar-refractivity contribution in [2.24, 2.45) is 0 Å². The molecule has 2 aromatic heterocycles. The molecule has 0 aliphatic heterocycles. The molecule has 0 unspecified atom stereocenters. The van der Waals surface area contributed by atoms with Gasteiger partial charge in [-0.2, -0.15) is 0 Å². The number of anilines is 2. The second kappa shape index (κ2) is 5.38. The van der Waals surface area contributed by atoms with Gasteiger partial charge in [-0.3, -0.25) is 0 Å². The third-order valence-corrected chi connectivity index (χ3v) is 5.75. The largest absolute Gasteiger partial charge is 0.370 e. The van der Waals surface area contributed by atoms with Crippen molar-refractivity contribution >= 4 is 49.8 Å². The van der Waals surface area contributed by atoms with E-state index >= 15 is 0 Å². The van der Waals surface area contributed by atoms with Crippen molar-refractivity contribution in [2.75, 3.05) is 38.0 Å². The molecule has 0 saturated carbocycles. The van der Waals surface area contributed by atoms with E-state index in [-0.39, 0.29) is 0 Å². The van der Waals surface area contributed by atoms with Gasteiger partial charge in [0.1, 0.15) is 0 Å². The van der Waals surface area contributed by atoms with Gasteiger partial charge in [-0.1, -0.05) is 12.2 Å². The minimum absolute atomic E-state index is 0.950. The van der Waals surface area contributed by atoms with E-state index in [9.17, 15) is 0 Å². The van der Waals surface area contributed by atoms with Gasteiger partial charge in [0, 0.05) is 37.9 Å². The van der Waals surface area contributed by atoms with Crippen molar-refractivity contribution in [3.05, 3.63) is 34.0 Å². The molecule has 0 aliphatic carbocycles. The number of nitrogens with zero attached hydrogens (tertiary/aromatic N) is 2. The minimum Gasteiger partial charge on any atom is -0.370 e. The SMILES string of the molecule is CN(C)c1ccc(C(=S)c2ccc(N(C)C)s2)s1. The van der Waals surface area contributed by atoms with Crippen LogP contribution in [-0.2, 0) is 0 Å². The summed E-state index contributed by atoms with van der Waals surface area (Å²) in [6, 6.07) is 8.45. The lowest BCUT2D eigenvalue weighted by molar-refractivity contribution is 1.16. The van der Waals surface area contributed by atoms with Gasteiger partial charge in [-0.15, -0.1) is 22.7 Å². The van der Waals surface area contributed by atoms with Gasteiger partial charge in [-0.25, -0.2) is 0 Å². The number of thiophene rings is 2. The van der Waals surface area contributed by atoms with Crippen LogP contribution >= 0.6 is 34.9 Å². The predicted molar refractivity (Wildman–Crippen MR) is 88.1 cm³/mol. The fourth-order valence-electron chi connectivity index (χ4n) is 1.50. The summed E-state index contributed by atoms with van der Waals surface area (Å²) in [7, 11) is 8.20. The van der Waals surface area contributed by atoms with E-state index in [1.165, 1.54) is 19.8 Å². The summed E-state index contributed by atoms with van der Waals surface area (Å²) in [6.07, 6.45) is 0. The Hall–Kier alpha value is -0.910. The van der Waals surface area contributed by atoms with Gasteiger partial charge in [0.25, 0.3) is 0 Å². The van der Waals surface area contributed by atoms with Crippen LogP contribution in [0.5, 0.6) is 0 Å². The molecule has 2 rings (SSSR count). The van der Waals surface area contributed by atoms with E-state index in [0.717, 1.165) is 4.86 Å². The molecule has 0 atom stereocenters. The normalized spacial score (nSPS) is 10.4. The van der Waals surface area contributed by atoms with Crippen LogP contribution in [0.25, 0.3) is 0 Å². The maximum absolute atomic E-state index is 5.57. The van der Waals surface area contributed by atoms with Crippen LogP contribution in [0.2, 0.25) is 0 Å². The third-order valence-electron chi connectivity index (χ3n) is 2.51. The molecule has 0 spiro atoms. The van der Waals surface area contributed by atoms with Crippen LogP contribution in [0, 0.1) is 0 Å². The Morgan fingerprint density at radius 1 is 0.833 bits per heavy atom. The lowest BCUT2D eigenvalue weighted by Crippen LogP contribution is -2.06. The van der Waals surface area contributed by atoms with Gasteiger partial charge in [-0.05, 0) is 24.3 Å². The van der Waals surface area contributed by atoms with E-state index in [0.29, 0.717) is 0 Å². The first-order valence-corrected chi connectivity index (χ1v) is 7.62. The average Bonchev–Trinajstić information content (AvgIpc) is 2.97. The second-order valence-electron chi connectivity index (χ2n) is 4.39. The maximum atomic E-state index is 5.57. The predicted octanol–water partition coefficient (Wildman–Crippen LogP) is 3.71. The van der Waals surface area contributed by atoms with E-state index < -0.39 is 0 Å². The molecular weight excluding hydrogens is 280 g/mol. The molecule has 0 radical (unpaired) electrons. The molecular formula is C13H16N2S3. The highest BCUT2D eigenvalue weighted by molar-refractivity contribution is 7.82. The molecule has 0 saturated heterocycles. The zero-order valence-electron chi connectivity index (χ0n) is 10.9. The highest BCUT2D eigenvalue weighted by Gasteiger charge is 2.11. The lowest BCUT2D eigenvalue weighted by Gasteiger charge is -2.08. The van der Waals surface area contributed by atoms with Crippen LogP contribution < -0.4 is 9.80 Å². The first-order valence-electron chi connectivity index (χ1n) is 5.58.